The Morgan fingerprint density at radius 1 is 1.27 bits per heavy atom. The molecule has 2 aromatic carbocycles. The summed E-state index contributed by atoms with van der Waals surface area (Å²) in [6, 6.07) is 7.43. The third-order valence-electron chi connectivity index (χ3n) is 4.44. The summed E-state index contributed by atoms with van der Waals surface area (Å²) in [6.07, 6.45) is 3.13. The van der Waals surface area contributed by atoms with E-state index in [0.29, 0.717) is 20.5 Å². The van der Waals surface area contributed by atoms with Crippen molar-refractivity contribution in [1.82, 2.24) is 19.7 Å². The second-order valence-electron chi connectivity index (χ2n) is 6.76. The largest absolute Gasteiger partial charge is 0.311 e. The summed E-state index contributed by atoms with van der Waals surface area (Å²) in [5.41, 5.74) is 0.122. The van der Waals surface area contributed by atoms with Crippen LogP contribution in [0, 0.1) is 21.7 Å². The number of aryl methyl sites for hydroxylation is 1. The number of benzene rings is 2. The highest BCUT2D eigenvalue weighted by atomic mass is 32.2. The van der Waals surface area contributed by atoms with Gasteiger partial charge in [-0.1, -0.05) is 6.07 Å². The second-order valence-corrected chi connectivity index (χ2v) is 8.89. The molecule has 0 fully saturated rings. The maximum atomic E-state index is 13.9. The van der Waals surface area contributed by atoms with E-state index >= 15 is 0 Å². The molecule has 1 N–H and O–H groups in total. The quantitative estimate of drug-likeness (QED) is 0.302. The first kappa shape index (κ1) is 22.5. The Morgan fingerprint density at radius 3 is 2.79 bits per heavy atom. The third kappa shape index (κ3) is 5.21. The summed E-state index contributed by atoms with van der Waals surface area (Å²) in [4.78, 5) is 28.7. The van der Waals surface area contributed by atoms with Crippen molar-refractivity contribution in [3.63, 3.8) is 0 Å². The van der Waals surface area contributed by atoms with Gasteiger partial charge in [-0.2, -0.15) is 0 Å². The zero-order valence-electron chi connectivity index (χ0n) is 16.9. The molecule has 0 aliphatic carbocycles. The Morgan fingerprint density at radius 2 is 2.09 bits per heavy atom. The molecular weight excluding hydrogens is 474 g/mol. The first-order valence-electron chi connectivity index (χ1n) is 9.30. The molecule has 1 amide bonds. The number of nitro groups is 1. The number of nitro benzene ring substituents is 1. The number of carbonyl (C=O) groups is 1. The van der Waals surface area contributed by atoms with Crippen molar-refractivity contribution in [2.24, 2.45) is 7.05 Å². The average Bonchev–Trinajstić information content (AvgIpc) is 3.38. The molecule has 13 heteroatoms. The molecule has 33 heavy (non-hydrogen) atoms. The van der Waals surface area contributed by atoms with E-state index in [9.17, 15) is 23.7 Å². The molecule has 9 nitrogen and oxygen atoms in total. The topological polar surface area (TPSA) is 116 Å². The van der Waals surface area contributed by atoms with Crippen molar-refractivity contribution < 1.29 is 18.5 Å². The van der Waals surface area contributed by atoms with Gasteiger partial charge in [-0.05, 0) is 35.5 Å². The van der Waals surface area contributed by atoms with Crippen LogP contribution in [-0.4, -0.2) is 30.6 Å². The van der Waals surface area contributed by atoms with Crippen molar-refractivity contribution in [2.75, 3.05) is 5.32 Å². The Labute approximate surface area is 193 Å². The highest BCUT2D eigenvalue weighted by Gasteiger charge is 2.20. The lowest BCUT2D eigenvalue weighted by Crippen LogP contribution is -2.12. The number of rotatable bonds is 7. The first-order valence-corrected chi connectivity index (χ1v) is 10.9. The van der Waals surface area contributed by atoms with Crippen LogP contribution in [0.4, 0.5) is 19.6 Å². The van der Waals surface area contributed by atoms with Gasteiger partial charge in [0, 0.05) is 42.2 Å². The zero-order valence-corrected chi connectivity index (χ0v) is 18.5. The van der Waals surface area contributed by atoms with Gasteiger partial charge in [0.25, 0.3) is 11.6 Å². The lowest BCUT2D eigenvalue weighted by atomic mass is 10.1. The van der Waals surface area contributed by atoms with Crippen molar-refractivity contribution in [2.45, 2.75) is 16.5 Å². The fourth-order valence-electron chi connectivity index (χ4n) is 2.82. The lowest BCUT2D eigenvalue weighted by Gasteiger charge is -2.05. The van der Waals surface area contributed by atoms with E-state index in [2.05, 4.69) is 20.5 Å². The van der Waals surface area contributed by atoms with E-state index in [4.69, 9.17) is 0 Å². The van der Waals surface area contributed by atoms with Gasteiger partial charge in [0.2, 0.25) is 0 Å². The van der Waals surface area contributed by atoms with Gasteiger partial charge in [-0.3, -0.25) is 20.2 Å². The van der Waals surface area contributed by atoms with Gasteiger partial charge < -0.3 is 4.57 Å². The van der Waals surface area contributed by atoms with E-state index < -0.39 is 22.5 Å². The minimum absolute atomic E-state index is 0.0744. The highest BCUT2D eigenvalue weighted by Crippen LogP contribution is 2.34. The van der Waals surface area contributed by atoms with Crippen molar-refractivity contribution in [3.05, 3.63) is 86.7 Å². The maximum Gasteiger partial charge on any atom is 0.284 e. The monoisotopic (exact) mass is 488 g/mol. The number of nitrogens with zero attached hydrogens (tertiary/aromatic N) is 5. The van der Waals surface area contributed by atoms with Crippen LogP contribution in [0.2, 0.25) is 0 Å². The van der Waals surface area contributed by atoms with E-state index in [1.165, 1.54) is 42.9 Å². The SMILES string of the molecule is Cn1cnnc1Sc1ccc(C(=O)Nc2ncc(Cc3ccc(F)cc3F)s2)cc1[N+](=O)[O-]. The zero-order chi connectivity index (χ0) is 23.5. The van der Waals surface area contributed by atoms with Gasteiger partial charge >= 0.3 is 0 Å². The number of aromatic nitrogens is 4. The smallest absolute Gasteiger partial charge is 0.284 e. The number of amides is 1. The van der Waals surface area contributed by atoms with Gasteiger partial charge in [0.15, 0.2) is 10.3 Å². The predicted molar refractivity (Wildman–Crippen MR) is 117 cm³/mol. The Bertz CT molecular complexity index is 1360. The van der Waals surface area contributed by atoms with E-state index in [0.717, 1.165) is 29.2 Å². The number of halogens is 2. The summed E-state index contributed by atoms with van der Waals surface area (Å²) >= 11 is 2.18. The van der Waals surface area contributed by atoms with Gasteiger partial charge in [-0.15, -0.1) is 21.5 Å². The molecule has 0 atom stereocenters. The minimum atomic E-state index is -0.666. The summed E-state index contributed by atoms with van der Waals surface area (Å²) in [6.45, 7) is 0. The third-order valence-corrected chi connectivity index (χ3v) is 6.47. The van der Waals surface area contributed by atoms with E-state index in [1.807, 2.05) is 0 Å². The molecule has 0 saturated heterocycles. The van der Waals surface area contributed by atoms with Crippen LogP contribution >= 0.6 is 23.1 Å². The molecule has 0 radical (unpaired) electrons. The fourth-order valence-corrected chi connectivity index (χ4v) is 4.50. The number of carbonyl (C=O) groups excluding carboxylic acids is 1. The number of hydrogen-bond acceptors (Lipinski definition) is 8. The van der Waals surface area contributed by atoms with Crippen molar-refractivity contribution in [3.8, 4) is 0 Å². The van der Waals surface area contributed by atoms with Crippen LogP contribution in [0.15, 0.2) is 59.0 Å². The normalized spacial score (nSPS) is 10.9. The van der Waals surface area contributed by atoms with Gasteiger partial charge in [0.1, 0.15) is 18.0 Å². The minimum Gasteiger partial charge on any atom is -0.311 e. The van der Waals surface area contributed by atoms with Crippen LogP contribution in [0.3, 0.4) is 0 Å². The molecule has 2 heterocycles. The molecule has 2 aromatic heterocycles. The maximum absolute atomic E-state index is 13.9. The summed E-state index contributed by atoms with van der Waals surface area (Å²) in [5, 5.41) is 22.5. The molecule has 4 rings (SSSR count). The van der Waals surface area contributed by atoms with Crippen LogP contribution in [0.25, 0.3) is 0 Å². The molecule has 0 saturated carbocycles. The van der Waals surface area contributed by atoms with Crippen LogP contribution < -0.4 is 5.32 Å². The standard InChI is InChI=1S/C20H14F2N6O3S2/c1-27-10-24-26-20(27)33-17-5-3-12(7-16(17)28(30)31)18(29)25-19-23-9-14(32-19)6-11-2-4-13(21)8-15(11)22/h2-5,7-10H,6H2,1H3,(H,23,25,29). The molecule has 0 bridgehead atoms. The predicted octanol–water partition coefficient (Wildman–Crippen LogP) is 4.45. The molecule has 0 aliphatic rings. The lowest BCUT2D eigenvalue weighted by molar-refractivity contribution is -0.387. The van der Waals surface area contributed by atoms with Crippen molar-refractivity contribution >= 4 is 39.8 Å². The number of thiazole rings is 1. The highest BCUT2D eigenvalue weighted by molar-refractivity contribution is 7.99. The molecular formula is C20H14F2N6O3S2. The molecule has 0 aliphatic heterocycles. The first-order chi connectivity index (χ1) is 15.8. The van der Waals surface area contributed by atoms with E-state index in [1.54, 1.807) is 11.6 Å². The fraction of sp³-hybridized carbons (Fsp3) is 0.100. The average molecular weight is 489 g/mol. The second kappa shape index (κ2) is 9.42. The number of anilines is 1. The Hall–Kier alpha value is -3.71. The van der Waals surface area contributed by atoms with Crippen LogP contribution in [0.5, 0.6) is 0 Å². The van der Waals surface area contributed by atoms with Crippen molar-refractivity contribution in [1.29, 1.82) is 0 Å². The molecule has 168 valence electrons. The van der Waals surface area contributed by atoms with Gasteiger partial charge in [-0.25, -0.2) is 13.8 Å². The number of nitrogens with one attached hydrogen (secondary N) is 1. The summed E-state index contributed by atoms with van der Waals surface area (Å²) in [5.74, 6) is -1.91. The Kier molecular flexibility index (Phi) is 6.42. The van der Waals surface area contributed by atoms with Crippen LogP contribution in [-0.2, 0) is 13.5 Å². The Balaban J connectivity index is 1.49. The molecule has 0 spiro atoms. The van der Waals surface area contributed by atoms with E-state index in [-0.39, 0.29) is 22.8 Å². The summed E-state index contributed by atoms with van der Waals surface area (Å²) in [7, 11) is 1.71. The number of hydrogen-bond donors (Lipinski definition) is 1. The van der Waals surface area contributed by atoms with Crippen LogP contribution in [0.1, 0.15) is 20.8 Å². The summed E-state index contributed by atoms with van der Waals surface area (Å²) < 4.78 is 28.5. The molecule has 4 aromatic rings. The molecule has 0 unspecified atom stereocenters. The van der Waals surface area contributed by atoms with Gasteiger partial charge in [0.05, 0.1) is 9.82 Å².